The summed E-state index contributed by atoms with van der Waals surface area (Å²) in [5, 5.41) is 10.6. The standard InChI is InChI=1S/C23H29N5O3/c1-4-20(16(3)30-12-17-8-6-5-7-9-17)31-22-11-24-15(2)23(26-22)25-21-10-19(27-28-21)18-13-29-14-18/h5-11,16,18,20H,4,12-14H2,1-3H3,(H2,25,26,27,28)/t16-,20-/m1/s1. The largest absolute Gasteiger partial charge is 0.470 e. The molecule has 3 aromatic rings. The molecule has 1 aromatic carbocycles. The number of aromatic amines is 1. The van der Waals surface area contributed by atoms with E-state index in [4.69, 9.17) is 14.2 Å². The van der Waals surface area contributed by atoms with Crippen LogP contribution in [0.4, 0.5) is 11.6 Å². The van der Waals surface area contributed by atoms with Gasteiger partial charge in [-0.2, -0.15) is 10.1 Å². The van der Waals surface area contributed by atoms with E-state index in [-0.39, 0.29) is 12.2 Å². The van der Waals surface area contributed by atoms with Crippen molar-refractivity contribution in [2.24, 2.45) is 0 Å². The first-order valence-electron chi connectivity index (χ1n) is 10.7. The number of aryl methyl sites for hydroxylation is 1. The van der Waals surface area contributed by atoms with Crippen LogP contribution in [-0.4, -0.2) is 45.6 Å². The van der Waals surface area contributed by atoms with Crippen LogP contribution in [0.1, 0.15) is 43.1 Å². The van der Waals surface area contributed by atoms with Crippen LogP contribution in [-0.2, 0) is 16.1 Å². The highest BCUT2D eigenvalue weighted by Crippen LogP contribution is 2.26. The number of nitrogens with zero attached hydrogens (tertiary/aromatic N) is 3. The molecular weight excluding hydrogens is 394 g/mol. The predicted molar refractivity (Wildman–Crippen MR) is 118 cm³/mol. The fraction of sp³-hybridized carbons (Fsp3) is 0.435. The number of nitrogens with one attached hydrogen (secondary N) is 2. The summed E-state index contributed by atoms with van der Waals surface area (Å²) in [7, 11) is 0. The first kappa shape index (κ1) is 21.3. The highest BCUT2D eigenvalue weighted by atomic mass is 16.5. The van der Waals surface area contributed by atoms with E-state index in [2.05, 4.69) is 44.5 Å². The molecule has 1 aliphatic rings. The highest BCUT2D eigenvalue weighted by molar-refractivity contribution is 5.54. The van der Waals surface area contributed by atoms with Crippen LogP contribution >= 0.6 is 0 Å². The molecule has 164 valence electrons. The quantitative estimate of drug-likeness (QED) is 0.506. The summed E-state index contributed by atoms with van der Waals surface area (Å²) in [5.41, 5.74) is 2.96. The Kier molecular flexibility index (Phi) is 6.79. The molecule has 2 aromatic heterocycles. The van der Waals surface area contributed by atoms with Crippen LogP contribution in [0.2, 0.25) is 0 Å². The summed E-state index contributed by atoms with van der Waals surface area (Å²) in [4.78, 5) is 9.05. The lowest BCUT2D eigenvalue weighted by atomic mass is 10.0. The van der Waals surface area contributed by atoms with Gasteiger partial charge in [-0.25, -0.2) is 0 Å². The maximum atomic E-state index is 6.13. The fourth-order valence-corrected chi connectivity index (χ4v) is 3.33. The molecular formula is C23H29N5O3. The Balaban J connectivity index is 1.38. The van der Waals surface area contributed by atoms with Crippen LogP contribution in [0.5, 0.6) is 5.88 Å². The third-order valence-corrected chi connectivity index (χ3v) is 5.41. The number of rotatable bonds is 10. The van der Waals surface area contributed by atoms with Crippen molar-refractivity contribution in [3.8, 4) is 5.88 Å². The zero-order chi connectivity index (χ0) is 21.6. The van der Waals surface area contributed by atoms with Crippen molar-refractivity contribution in [3.63, 3.8) is 0 Å². The SMILES string of the molecule is CC[C@@H](Oc1cnc(C)c(Nc2cc(C3COC3)[nH]n2)n1)[C@@H](C)OCc1ccccc1. The molecule has 0 bridgehead atoms. The number of ether oxygens (including phenoxy) is 3. The summed E-state index contributed by atoms with van der Waals surface area (Å²) in [6, 6.07) is 12.1. The van der Waals surface area contributed by atoms with Gasteiger partial charge >= 0.3 is 0 Å². The summed E-state index contributed by atoms with van der Waals surface area (Å²) in [5.74, 6) is 2.15. The Morgan fingerprint density at radius 1 is 1.26 bits per heavy atom. The van der Waals surface area contributed by atoms with Crippen molar-refractivity contribution < 1.29 is 14.2 Å². The number of aromatic nitrogens is 4. The molecule has 1 saturated heterocycles. The van der Waals surface area contributed by atoms with Crippen molar-refractivity contribution in [3.05, 3.63) is 59.5 Å². The summed E-state index contributed by atoms with van der Waals surface area (Å²) < 4.78 is 17.4. The van der Waals surface area contributed by atoms with Gasteiger partial charge in [-0.3, -0.25) is 10.1 Å². The average Bonchev–Trinajstić information content (AvgIpc) is 3.19. The number of anilines is 2. The van der Waals surface area contributed by atoms with Crippen LogP contribution in [0.25, 0.3) is 0 Å². The first-order valence-corrected chi connectivity index (χ1v) is 10.7. The van der Waals surface area contributed by atoms with Crippen LogP contribution in [0, 0.1) is 6.92 Å². The third-order valence-electron chi connectivity index (χ3n) is 5.41. The van der Waals surface area contributed by atoms with E-state index in [9.17, 15) is 0 Å². The van der Waals surface area contributed by atoms with Gasteiger partial charge in [0.1, 0.15) is 6.10 Å². The number of hydrogen-bond donors (Lipinski definition) is 2. The van der Waals surface area contributed by atoms with Crippen LogP contribution in [0.15, 0.2) is 42.6 Å². The van der Waals surface area contributed by atoms with Gasteiger partial charge in [0.15, 0.2) is 11.6 Å². The third kappa shape index (κ3) is 5.39. The van der Waals surface area contributed by atoms with Crippen LogP contribution < -0.4 is 10.1 Å². The molecule has 8 nitrogen and oxygen atoms in total. The lowest BCUT2D eigenvalue weighted by molar-refractivity contribution is -0.0265. The zero-order valence-corrected chi connectivity index (χ0v) is 18.2. The lowest BCUT2D eigenvalue weighted by Gasteiger charge is -2.24. The van der Waals surface area contributed by atoms with Crippen molar-refractivity contribution >= 4 is 11.6 Å². The Labute approximate surface area is 182 Å². The molecule has 2 atom stereocenters. The van der Waals surface area contributed by atoms with Crippen molar-refractivity contribution in [1.82, 2.24) is 20.2 Å². The molecule has 1 fully saturated rings. The Morgan fingerprint density at radius 3 is 2.77 bits per heavy atom. The molecule has 0 saturated carbocycles. The second kappa shape index (κ2) is 9.89. The van der Waals surface area contributed by atoms with E-state index < -0.39 is 0 Å². The normalized spacial score (nSPS) is 15.8. The molecule has 0 spiro atoms. The van der Waals surface area contributed by atoms with E-state index in [0.717, 1.165) is 36.6 Å². The smallest absolute Gasteiger partial charge is 0.234 e. The van der Waals surface area contributed by atoms with Gasteiger partial charge in [0.2, 0.25) is 5.88 Å². The van der Waals surface area contributed by atoms with Gasteiger partial charge in [0.05, 0.1) is 37.8 Å². The van der Waals surface area contributed by atoms with E-state index in [0.29, 0.717) is 30.0 Å². The summed E-state index contributed by atoms with van der Waals surface area (Å²) in [6.07, 6.45) is 2.21. The minimum Gasteiger partial charge on any atom is -0.470 e. The minimum atomic E-state index is -0.135. The minimum absolute atomic E-state index is 0.0942. The van der Waals surface area contributed by atoms with E-state index in [1.165, 1.54) is 0 Å². The molecule has 31 heavy (non-hydrogen) atoms. The van der Waals surface area contributed by atoms with Gasteiger partial charge in [0.25, 0.3) is 0 Å². The van der Waals surface area contributed by atoms with Crippen molar-refractivity contribution in [2.75, 3.05) is 18.5 Å². The van der Waals surface area contributed by atoms with E-state index >= 15 is 0 Å². The van der Waals surface area contributed by atoms with E-state index in [1.807, 2.05) is 38.1 Å². The van der Waals surface area contributed by atoms with Gasteiger partial charge in [-0.1, -0.05) is 37.3 Å². The summed E-state index contributed by atoms with van der Waals surface area (Å²) >= 11 is 0. The Hall–Kier alpha value is -2.97. The summed E-state index contributed by atoms with van der Waals surface area (Å²) in [6.45, 7) is 7.99. The Bertz CT molecular complexity index is 974. The number of hydrogen-bond acceptors (Lipinski definition) is 7. The molecule has 1 aliphatic heterocycles. The fourth-order valence-electron chi connectivity index (χ4n) is 3.33. The van der Waals surface area contributed by atoms with E-state index in [1.54, 1.807) is 6.20 Å². The second-order valence-corrected chi connectivity index (χ2v) is 7.78. The topological polar surface area (TPSA) is 94.2 Å². The van der Waals surface area contributed by atoms with Gasteiger partial charge in [-0.15, -0.1) is 0 Å². The monoisotopic (exact) mass is 423 g/mol. The molecule has 3 heterocycles. The molecule has 2 N–H and O–H groups in total. The average molecular weight is 424 g/mol. The number of H-pyrrole nitrogens is 1. The maximum absolute atomic E-state index is 6.13. The Morgan fingerprint density at radius 2 is 2.06 bits per heavy atom. The molecule has 0 radical (unpaired) electrons. The first-order chi connectivity index (χ1) is 15.1. The lowest BCUT2D eigenvalue weighted by Crippen LogP contribution is -2.31. The molecule has 0 amide bonds. The van der Waals surface area contributed by atoms with Crippen molar-refractivity contribution in [1.29, 1.82) is 0 Å². The molecule has 0 unspecified atom stereocenters. The highest BCUT2D eigenvalue weighted by Gasteiger charge is 2.23. The van der Waals surface area contributed by atoms with Gasteiger partial charge < -0.3 is 19.5 Å². The predicted octanol–water partition coefficient (Wildman–Crippen LogP) is 4.13. The van der Waals surface area contributed by atoms with Crippen LogP contribution in [0.3, 0.4) is 0 Å². The van der Waals surface area contributed by atoms with Crippen molar-refractivity contribution in [2.45, 2.75) is 51.9 Å². The zero-order valence-electron chi connectivity index (χ0n) is 18.2. The molecule has 0 aliphatic carbocycles. The number of benzene rings is 1. The van der Waals surface area contributed by atoms with Gasteiger partial charge in [0, 0.05) is 17.7 Å². The van der Waals surface area contributed by atoms with Gasteiger partial charge in [-0.05, 0) is 25.8 Å². The maximum Gasteiger partial charge on any atom is 0.234 e. The molecule has 4 rings (SSSR count). The molecule has 8 heteroatoms. The second-order valence-electron chi connectivity index (χ2n) is 7.78.